The minimum atomic E-state index is -3.98. The van der Waals surface area contributed by atoms with E-state index in [1.807, 2.05) is 0 Å². The van der Waals surface area contributed by atoms with Crippen LogP contribution >= 0.6 is 22.9 Å². The summed E-state index contributed by atoms with van der Waals surface area (Å²) < 4.78 is 26.7. The third kappa shape index (κ3) is 3.71. The molecule has 0 fully saturated rings. The summed E-state index contributed by atoms with van der Waals surface area (Å²) in [5.41, 5.74) is 6.63. The lowest BCUT2D eigenvalue weighted by Gasteiger charge is -2.08. The number of hydrogen-bond donors (Lipinski definition) is 3. The molecule has 0 spiro atoms. The zero-order valence-electron chi connectivity index (χ0n) is 14.8. The van der Waals surface area contributed by atoms with E-state index in [2.05, 4.69) is 15.3 Å². The van der Waals surface area contributed by atoms with Crippen molar-refractivity contribution < 1.29 is 13.2 Å². The lowest BCUT2D eigenvalue weighted by molar-refractivity contribution is 0.0943. The number of nitrogens with one attached hydrogen (secondary N) is 2. The van der Waals surface area contributed by atoms with E-state index in [0.29, 0.717) is 26.8 Å². The molecule has 0 aliphatic rings. The molecule has 2 aromatic heterocycles. The highest BCUT2D eigenvalue weighted by atomic mass is 35.5. The number of thiazole rings is 1. The standard InChI is InChI=1S/C19H15ClN4O3S2/c20-11-6-7-15-14(8-11)17(29(26,27)13-4-2-1-3-5-13)16(24-15)18(25)22-9-12-10-28-19(21)23-12/h1-8,10,24H,9H2,(H2,21,23)(H,22,25). The van der Waals surface area contributed by atoms with E-state index in [4.69, 9.17) is 17.3 Å². The molecular weight excluding hydrogens is 432 g/mol. The van der Waals surface area contributed by atoms with Gasteiger partial charge >= 0.3 is 0 Å². The van der Waals surface area contributed by atoms with E-state index < -0.39 is 15.7 Å². The van der Waals surface area contributed by atoms with Gasteiger partial charge in [0.05, 0.1) is 17.1 Å². The summed E-state index contributed by atoms with van der Waals surface area (Å²) in [5.74, 6) is -0.571. The smallest absolute Gasteiger partial charge is 0.269 e. The molecule has 0 radical (unpaired) electrons. The molecule has 2 heterocycles. The molecule has 10 heteroatoms. The highest BCUT2D eigenvalue weighted by Crippen LogP contribution is 2.33. The van der Waals surface area contributed by atoms with Crippen LogP contribution in [-0.2, 0) is 16.4 Å². The molecule has 29 heavy (non-hydrogen) atoms. The summed E-state index contributed by atoms with van der Waals surface area (Å²) in [7, 11) is -3.98. The van der Waals surface area contributed by atoms with Gasteiger partial charge in [-0.05, 0) is 30.3 Å². The number of aromatic nitrogens is 2. The first-order chi connectivity index (χ1) is 13.9. The molecule has 1 amide bonds. The van der Waals surface area contributed by atoms with Crippen molar-refractivity contribution in [2.45, 2.75) is 16.3 Å². The third-order valence-corrected chi connectivity index (χ3v) is 7.07. The van der Waals surface area contributed by atoms with Gasteiger partial charge in [-0.2, -0.15) is 0 Å². The zero-order chi connectivity index (χ0) is 20.6. The van der Waals surface area contributed by atoms with Crippen LogP contribution in [0.4, 0.5) is 5.13 Å². The predicted octanol–water partition coefficient (Wildman–Crippen LogP) is 3.62. The second-order valence-corrected chi connectivity index (χ2v) is 9.41. The van der Waals surface area contributed by atoms with Crippen LogP contribution in [0, 0.1) is 0 Å². The van der Waals surface area contributed by atoms with Gasteiger partial charge in [-0.15, -0.1) is 11.3 Å². The third-order valence-electron chi connectivity index (χ3n) is 4.26. The number of nitrogens with two attached hydrogens (primary N) is 1. The minimum absolute atomic E-state index is 0.0608. The molecular formula is C19H15ClN4O3S2. The van der Waals surface area contributed by atoms with Gasteiger partial charge in [0.15, 0.2) is 5.13 Å². The summed E-state index contributed by atoms with van der Waals surface area (Å²) in [6.45, 7) is 0.119. The Hall–Kier alpha value is -2.88. The summed E-state index contributed by atoms with van der Waals surface area (Å²) in [6.07, 6.45) is 0. The fourth-order valence-corrected chi connectivity index (χ4v) is 5.32. The lowest BCUT2D eigenvalue weighted by atomic mass is 10.2. The van der Waals surface area contributed by atoms with Crippen molar-refractivity contribution in [3.8, 4) is 0 Å². The Morgan fingerprint density at radius 1 is 1.21 bits per heavy atom. The van der Waals surface area contributed by atoms with Gasteiger partial charge in [0.25, 0.3) is 5.91 Å². The number of halogens is 1. The number of amides is 1. The van der Waals surface area contributed by atoms with E-state index in [1.54, 1.807) is 35.7 Å². The number of nitrogen functional groups attached to an aromatic ring is 1. The molecule has 0 saturated carbocycles. The van der Waals surface area contributed by atoms with Crippen LogP contribution in [0.25, 0.3) is 10.9 Å². The Labute approximate surface area is 175 Å². The molecule has 0 bridgehead atoms. The van der Waals surface area contributed by atoms with Gasteiger partial charge in [-0.3, -0.25) is 4.79 Å². The average molecular weight is 447 g/mol. The molecule has 0 unspecified atom stereocenters. The van der Waals surface area contributed by atoms with Crippen LogP contribution in [-0.4, -0.2) is 24.3 Å². The van der Waals surface area contributed by atoms with Crippen LogP contribution < -0.4 is 11.1 Å². The molecule has 4 aromatic rings. The van der Waals surface area contributed by atoms with Crippen LogP contribution in [0.1, 0.15) is 16.2 Å². The molecule has 4 N–H and O–H groups in total. The van der Waals surface area contributed by atoms with E-state index in [1.165, 1.54) is 29.5 Å². The fraction of sp³-hybridized carbons (Fsp3) is 0.0526. The normalized spacial score (nSPS) is 11.6. The van der Waals surface area contributed by atoms with Crippen LogP contribution in [0.15, 0.2) is 63.7 Å². The second kappa shape index (κ2) is 7.51. The van der Waals surface area contributed by atoms with Crippen LogP contribution in [0.5, 0.6) is 0 Å². The maximum absolute atomic E-state index is 13.4. The van der Waals surface area contributed by atoms with Crippen molar-refractivity contribution in [2.24, 2.45) is 0 Å². The van der Waals surface area contributed by atoms with E-state index in [0.717, 1.165) is 0 Å². The molecule has 0 saturated heterocycles. The second-order valence-electron chi connectivity index (χ2n) is 6.20. The van der Waals surface area contributed by atoms with Gasteiger partial charge in [-0.1, -0.05) is 29.8 Å². The molecule has 148 valence electrons. The Bertz CT molecular complexity index is 1310. The number of anilines is 1. The molecule has 2 aromatic carbocycles. The van der Waals surface area contributed by atoms with Gasteiger partial charge in [0.1, 0.15) is 10.6 Å². The summed E-state index contributed by atoms with van der Waals surface area (Å²) in [4.78, 5) is 19.9. The predicted molar refractivity (Wildman–Crippen MR) is 113 cm³/mol. The quantitative estimate of drug-likeness (QED) is 0.432. The largest absolute Gasteiger partial charge is 0.375 e. The van der Waals surface area contributed by atoms with Crippen molar-refractivity contribution in [1.82, 2.24) is 15.3 Å². The number of benzene rings is 2. The minimum Gasteiger partial charge on any atom is -0.375 e. The number of fused-ring (bicyclic) bond motifs is 1. The topological polar surface area (TPSA) is 118 Å². The molecule has 7 nitrogen and oxygen atoms in total. The Kier molecular flexibility index (Phi) is 5.03. The Morgan fingerprint density at radius 3 is 2.66 bits per heavy atom. The number of aromatic amines is 1. The van der Waals surface area contributed by atoms with Crippen LogP contribution in [0.3, 0.4) is 0 Å². The fourth-order valence-electron chi connectivity index (χ4n) is 2.96. The zero-order valence-corrected chi connectivity index (χ0v) is 17.2. The Balaban J connectivity index is 1.81. The van der Waals surface area contributed by atoms with Crippen LogP contribution in [0.2, 0.25) is 5.02 Å². The number of hydrogen-bond acceptors (Lipinski definition) is 6. The lowest BCUT2D eigenvalue weighted by Crippen LogP contribution is -2.25. The number of carbonyl (C=O) groups excluding carboxylic acids is 1. The SMILES string of the molecule is Nc1nc(CNC(=O)c2[nH]c3ccc(Cl)cc3c2S(=O)(=O)c2ccccc2)cs1. The van der Waals surface area contributed by atoms with E-state index in [-0.39, 0.29) is 22.0 Å². The number of nitrogens with zero attached hydrogens (tertiary/aromatic N) is 1. The van der Waals surface area contributed by atoms with Gasteiger partial charge in [-0.25, -0.2) is 13.4 Å². The molecule has 0 aliphatic carbocycles. The number of rotatable bonds is 5. The van der Waals surface area contributed by atoms with Crippen molar-refractivity contribution in [3.63, 3.8) is 0 Å². The van der Waals surface area contributed by atoms with Crippen molar-refractivity contribution >= 4 is 54.7 Å². The number of carbonyl (C=O) groups is 1. The monoisotopic (exact) mass is 446 g/mol. The van der Waals surface area contributed by atoms with E-state index >= 15 is 0 Å². The average Bonchev–Trinajstić information content (AvgIpc) is 3.30. The maximum Gasteiger partial charge on any atom is 0.269 e. The summed E-state index contributed by atoms with van der Waals surface area (Å²) in [6, 6.07) is 12.7. The van der Waals surface area contributed by atoms with Crippen molar-refractivity contribution in [3.05, 3.63) is 70.3 Å². The first-order valence-electron chi connectivity index (χ1n) is 8.45. The van der Waals surface area contributed by atoms with Crippen molar-refractivity contribution in [1.29, 1.82) is 0 Å². The van der Waals surface area contributed by atoms with Gasteiger partial charge < -0.3 is 16.0 Å². The summed E-state index contributed by atoms with van der Waals surface area (Å²) in [5, 5.41) is 5.52. The molecule has 4 rings (SSSR count). The van der Waals surface area contributed by atoms with Crippen molar-refractivity contribution in [2.75, 3.05) is 5.73 Å². The number of H-pyrrole nitrogens is 1. The highest BCUT2D eigenvalue weighted by Gasteiger charge is 2.29. The molecule has 0 atom stereocenters. The first-order valence-corrected chi connectivity index (χ1v) is 11.2. The maximum atomic E-state index is 13.4. The number of sulfone groups is 1. The Morgan fingerprint density at radius 2 is 1.97 bits per heavy atom. The van der Waals surface area contributed by atoms with Gasteiger partial charge in [0.2, 0.25) is 9.84 Å². The van der Waals surface area contributed by atoms with E-state index in [9.17, 15) is 13.2 Å². The van der Waals surface area contributed by atoms with Gasteiger partial charge in [0, 0.05) is 21.3 Å². The molecule has 0 aliphatic heterocycles. The summed E-state index contributed by atoms with van der Waals surface area (Å²) >= 11 is 7.35. The highest BCUT2D eigenvalue weighted by molar-refractivity contribution is 7.91. The first kappa shape index (κ1) is 19.4.